The molecule has 2 aromatic rings. The van der Waals surface area contributed by atoms with Crippen LogP contribution in [0.15, 0.2) is 30.5 Å². The lowest BCUT2D eigenvalue weighted by atomic mass is 9.98. The van der Waals surface area contributed by atoms with Crippen molar-refractivity contribution in [1.29, 1.82) is 0 Å². The van der Waals surface area contributed by atoms with Crippen molar-refractivity contribution < 1.29 is 23.8 Å². The van der Waals surface area contributed by atoms with Gasteiger partial charge in [-0.3, -0.25) is 14.5 Å². The maximum absolute atomic E-state index is 12.7. The van der Waals surface area contributed by atoms with E-state index in [0.29, 0.717) is 34.1 Å². The number of H-pyrrole nitrogens is 1. The first kappa shape index (κ1) is 16.6. The first-order chi connectivity index (χ1) is 12.0. The van der Waals surface area contributed by atoms with Crippen LogP contribution < -0.4 is 14.2 Å². The Labute approximate surface area is 144 Å². The van der Waals surface area contributed by atoms with Gasteiger partial charge in [0.05, 0.1) is 38.2 Å². The molecule has 1 aliphatic rings. The lowest BCUT2D eigenvalue weighted by Gasteiger charge is -2.14. The molecule has 0 bridgehead atoms. The number of hydrogen-bond donors (Lipinski definition) is 1. The van der Waals surface area contributed by atoms with Crippen molar-refractivity contribution in [3.63, 3.8) is 0 Å². The van der Waals surface area contributed by atoms with Gasteiger partial charge < -0.3 is 19.2 Å². The summed E-state index contributed by atoms with van der Waals surface area (Å²) in [6, 6.07) is 6.83. The van der Waals surface area contributed by atoms with E-state index < -0.39 is 0 Å². The molecule has 0 radical (unpaired) electrons. The van der Waals surface area contributed by atoms with E-state index in [-0.39, 0.29) is 17.4 Å². The van der Waals surface area contributed by atoms with E-state index in [1.807, 2.05) is 0 Å². The number of carbonyl (C=O) groups is 2. The molecule has 0 saturated heterocycles. The molecule has 1 aromatic heterocycles. The third kappa shape index (κ3) is 2.53. The summed E-state index contributed by atoms with van der Waals surface area (Å²) >= 11 is 0. The van der Waals surface area contributed by atoms with Crippen molar-refractivity contribution in [3.8, 4) is 17.2 Å². The Morgan fingerprint density at radius 1 is 0.920 bits per heavy atom. The number of nitrogens with zero attached hydrogens (tertiary/aromatic N) is 1. The van der Waals surface area contributed by atoms with Gasteiger partial charge in [0.1, 0.15) is 0 Å². The Kier molecular flexibility index (Phi) is 4.22. The molecule has 3 rings (SSSR count). The lowest BCUT2D eigenvalue weighted by molar-refractivity contribution is -0.134. The van der Waals surface area contributed by atoms with Crippen molar-refractivity contribution in [2.24, 2.45) is 0 Å². The van der Waals surface area contributed by atoms with E-state index in [2.05, 4.69) is 4.98 Å². The second kappa shape index (κ2) is 6.35. The minimum Gasteiger partial charge on any atom is -0.493 e. The maximum Gasteiger partial charge on any atom is 0.263 e. The van der Waals surface area contributed by atoms with Gasteiger partial charge in [0.25, 0.3) is 11.8 Å². The zero-order valence-electron chi connectivity index (χ0n) is 14.4. The zero-order chi connectivity index (χ0) is 18.1. The molecule has 7 nitrogen and oxygen atoms in total. The second-order valence-electron chi connectivity index (χ2n) is 5.42. The van der Waals surface area contributed by atoms with Crippen LogP contribution in [0, 0.1) is 0 Å². The molecule has 2 amide bonds. The Bertz CT molecular complexity index is 843. The number of rotatable bonds is 5. The molecule has 130 valence electrons. The number of likely N-dealkylation sites (N-methyl/N-ethyl adjacent to an activating group) is 1. The number of imide groups is 1. The molecule has 0 atom stereocenters. The average Bonchev–Trinajstić information content (AvgIpc) is 3.23. The van der Waals surface area contributed by atoms with Gasteiger partial charge in [-0.05, 0) is 29.8 Å². The molecular weight excluding hydrogens is 324 g/mol. The number of carbonyl (C=O) groups excluding carboxylic acids is 2. The number of benzene rings is 1. The summed E-state index contributed by atoms with van der Waals surface area (Å²) in [6.07, 6.45) is 1.70. The predicted octanol–water partition coefficient (Wildman–Crippen LogP) is 1.95. The van der Waals surface area contributed by atoms with Crippen LogP contribution in [0.4, 0.5) is 0 Å². The number of ether oxygens (including phenoxy) is 3. The number of aromatic amines is 1. The topological polar surface area (TPSA) is 80.9 Å². The smallest absolute Gasteiger partial charge is 0.263 e. The number of hydrogen-bond acceptors (Lipinski definition) is 5. The molecule has 0 unspecified atom stereocenters. The Hall–Kier alpha value is -3.22. The first-order valence-corrected chi connectivity index (χ1v) is 7.54. The molecule has 25 heavy (non-hydrogen) atoms. The van der Waals surface area contributed by atoms with E-state index in [4.69, 9.17) is 14.2 Å². The summed E-state index contributed by atoms with van der Waals surface area (Å²) in [5.41, 5.74) is 1.69. The molecule has 1 aromatic carbocycles. The van der Waals surface area contributed by atoms with Crippen molar-refractivity contribution in [1.82, 2.24) is 9.88 Å². The molecule has 7 heteroatoms. The Morgan fingerprint density at radius 2 is 1.52 bits per heavy atom. The number of aromatic nitrogens is 1. The van der Waals surface area contributed by atoms with E-state index >= 15 is 0 Å². The van der Waals surface area contributed by atoms with Gasteiger partial charge >= 0.3 is 0 Å². The minimum atomic E-state index is -0.385. The summed E-state index contributed by atoms with van der Waals surface area (Å²) in [6.45, 7) is 0. The van der Waals surface area contributed by atoms with Gasteiger partial charge in [-0.1, -0.05) is 0 Å². The van der Waals surface area contributed by atoms with Crippen LogP contribution in [-0.2, 0) is 9.59 Å². The summed E-state index contributed by atoms with van der Waals surface area (Å²) in [4.78, 5) is 29.3. The number of methoxy groups -OCH3 is 3. The third-order valence-electron chi connectivity index (χ3n) is 4.11. The van der Waals surface area contributed by atoms with Gasteiger partial charge in [0.15, 0.2) is 11.5 Å². The van der Waals surface area contributed by atoms with Crippen molar-refractivity contribution in [2.75, 3.05) is 28.4 Å². The summed E-state index contributed by atoms with van der Waals surface area (Å²) < 4.78 is 16.0. The molecule has 1 N–H and O–H groups in total. The standard InChI is InChI=1S/C18H18N2O5/c1-20-17(21)14(15(18(20)22)11-6-5-7-19-11)10-8-12(23-2)16(25-4)13(9-10)24-3/h5-9,19H,1-4H3. The Balaban J connectivity index is 2.29. The molecule has 0 fully saturated rings. The second-order valence-corrected chi connectivity index (χ2v) is 5.42. The highest BCUT2D eigenvalue weighted by Gasteiger charge is 2.38. The van der Waals surface area contributed by atoms with Gasteiger partial charge in [-0.2, -0.15) is 0 Å². The lowest BCUT2D eigenvalue weighted by Crippen LogP contribution is -2.26. The van der Waals surface area contributed by atoms with Gasteiger partial charge in [-0.25, -0.2) is 0 Å². The molecule has 1 aliphatic heterocycles. The highest BCUT2D eigenvalue weighted by atomic mass is 16.5. The van der Waals surface area contributed by atoms with E-state index in [0.717, 1.165) is 4.90 Å². The maximum atomic E-state index is 12.7. The average molecular weight is 342 g/mol. The zero-order valence-corrected chi connectivity index (χ0v) is 14.4. The summed E-state index contributed by atoms with van der Waals surface area (Å²) in [7, 11) is 5.95. The quantitative estimate of drug-likeness (QED) is 0.840. The predicted molar refractivity (Wildman–Crippen MR) is 91.5 cm³/mol. The van der Waals surface area contributed by atoms with E-state index in [1.54, 1.807) is 30.5 Å². The van der Waals surface area contributed by atoms with Crippen molar-refractivity contribution in [3.05, 3.63) is 41.7 Å². The fourth-order valence-electron chi connectivity index (χ4n) is 2.87. The van der Waals surface area contributed by atoms with Crippen LogP contribution in [0.2, 0.25) is 0 Å². The van der Waals surface area contributed by atoms with Gasteiger partial charge in [0, 0.05) is 13.2 Å². The summed E-state index contributed by atoms with van der Waals surface area (Å²) in [5.74, 6) is 0.482. The highest BCUT2D eigenvalue weighted by Crippen LogP contribution is 2.43. The monoisotopic (exact) mass is 342 g/mol. The van der Waals surface area contributed by atoms with Crippen LogP contribution in [0.3, 0.4) is 0 Å². The van der Waals surface area contributed by atoms with Crippen LogP contribution in [-0.4, -0.2) is 50.1 Å². The minimum absolute atomic E-state index is 0.286. The van der Waals surface area contributed by atoms with E-state index in [9.17, 15) is 9.59 Å². The number of amides is 2. The van der Waals surface area contributed by atoms with Crippen LogP contribution in [0.1, 0.15) is 11.3 Å². The molecular formula is C18H18N2O5. The Morgan fingerprint density at radius 3 is 2.00 bits per heavy atom. The van der Waals surface area contributed by atoms with Gasteiger partial charge in [0.2, 0.25) is 5.75 Å². The third-order valence-corrected chi connectivity index (χ3v) is 4.11. The number of nitrogens with one attached hydrogen (secondary N) is 1. The molecule has 0 spiro atoms. The fraction of sp³-hybridized carbons (Fsp3) is 0.222. The van der Waals surface area contributed by atoms with Crippen LogP contribution in [0.5, 0.6) is 17.2 Å². The van der Waals surface area contributed by atoms with Crippen LogP contribution in [0.25, 0.3) is 11.1 Å². The van der Waals surface area contributed by atoms with Crippen LogP contribution >= 0.6 is 0 Å². The fourth-order valence-corrected chi connectivity index (χ4v) is 2.87. The molecule has 0 aliphatic carbocycles. The van der Waals surface area contributed by atoms with E-state index in [1.165, 1.54) is 28.4 Å². The SMILES string of the molecule is COc1cc(C2=C(c3ccc[nH]3)C(=O)N(C)C2=O)cc(OC)c1OC. The van der Waals surface area contributed by atoms with Crippen molar-refractivity contribution in [2.45, 2.75) is 0 Å². The first-order valence-electron chi connectivity index (χ1n) is 7.54. The molecule has 0 saturated carbocycles. The summed E-state index contributed by atoms with van der Waals surface area (Å²) in [5, 5.41) is 0. The van der Waals surface area contributed by atoms with Crippen molar-refractivity contribution >= 4 is 23.0 Å². The molecule has 2 heterocycles. The van der Waals surface area contributed by atoms with Gasteiger partial charge in [-0.15, -0.1) is 0 Å². The normalized spacial score (nSPS) is 14.3. The highest BCUT2D eigenvalue weighted by molar-refractivity contribution is 6.48. The largest absolute Gasteiger partial charge is 0.493 e.